The molecule has 0 spiro atoms. The Balaban J connectivity index is 1.56. The normalized spacial score (nSPS) is 27.2. The van der Waals surface area contributed by atoms with Crippen LogP contribution in [0.4, 0.5) is 0 Å². The van der Waals surface area contributed by atoms with Crippen molar-refractivity contribution >= 4 is 23.2 Å². The van der Waals surface area contributed by atoms with E-state index in [1.54, 1.807) is 0 Å². The minimum absolute atomic E-state index is 0.204. The fourth-order valence-corrected chi connectivity index (χ4v) is 5.43. The van der Waals surface area contributed by atoms with E-state index in [0.717, 1.165) is 44.0 Å². The Morgan fingerprint density at radius 2 is 1.62 bits per heavy atom. The molecule has 0 bridgehead atoms. The van der Waals surface area contributed by atoms with Crippen LogP contribution in [0, 0.1) is 11.8 Å². The maximum atomic E-state index is 6.35. The molecule has 0 aromatic heterocycles. The molecule has 1 aromatic carbocycles. The van der Waals surface area contributed by atoms with Crippen molar-refractivity contribution in [2.45, 2.75) is 81.0 Å². The first-order chi connectivity index (χ1) is 12.7. The third-order valence-electron chi connectivity index (χ3n) is 5.99. The van der Waals surface area contributed by atoms with Crippen LogP contribution in [0.3, 0.4) is 0 Å². The molecule has 1 nitrogen and oxygen atoms in total. The van der Waals surface area contributed by atoms with Crippen molar-refractivity contribution in [1.82, 2.24) is 4.90 Å². The van der Waals surface area contributed by atoms with Crippen LogP contribution in [0.1, 0.15) is 75.3 Å². The lowest BCUT2D eigenvalue weighted by molar-refractivity contribution is 0.183. The van der Waals surface area contributed by atoms with Gasteiger partial charge in [-0.3, -0.25) is 4.90 Å². The maximum absolute atomic E-state index is 6.35. The van der Waals surface area contributed by atoms with Gasteiger partial charge in [-0.1, -0.05) is 50.2 Å². The second-order valence-electron chi connectivity index (χ2n) is 7.88. The highest BCUT2D eigenvalue weighted by Crippen LogP contribution is 2.37. The average Bonchev–Trinajstić information content (AvgIpc) is 2.66. The summed E-state index contributed by atoms with van der Waals surface area (Å²) in [6.07, 6.45) is 9.84. The molecule has 26 heavy (non-hydrogen) atoms. The van der Waals surface area contributed by atoms with Crippen molar-refractivity contribution in [1.29, 1.82) is 0 Å². The lowest BCUT2D eigenvalue weighted by Gasteiger charge is -2.32. The van der Waals surface area contributed by atoms with E-state index in [1.165, 1.54) is 37.7 Å². The smallest absolute Gasteiger partial charge is 0.0607 e. The molecule has 0 aliphatic heterocycles. The monoisotopic (exact) mass is 391 g/mol. The first-order valence-electron chi connectivity index (χ1n) is 10.3. The van der Waals surface area contributed by atoms with Gasteiger partial charge in [-0.25, -0.2) is 0 Å². The van der Waals surface area contributed by atoms with Crippen LogP contribution in [-0.4, -0.2) is 34.8 Å². The van der Waals surface area contributed by atoms with Gasteiger partial charge >= 0.3 is 0 Å². The first-order valence-corrected chi connectivity index (χ1v) is 11.1. The number of hydrogen-bond donors (Lipinski definition) is 0. The summed E-state index contributed by atoms with van der Waals surface area (Å²) in [6.45, 7) is 4.23. The number of halogens is 2. The summed E-state index contributed by atoms with van der Waals surface area (Å²) in [4.78, 5) is 2.55. The third-order valence-corrected chi connectivity index (χ3v) is 6.70. The van der Waals surface area contributed by atoms with Crippen molar-refractivity contribution in [3.63, 3.8) is 0 Å². The van der Waals surface area contributed by atoms with Gasteiger partial charge in [0.25, 0.3) is 0 Å². The van der Waals surface area contributed by atoms with E-state index in [9.17, 15) is 0 Å². The lowest BCUT2D eigenvalue weighted by Crippen LogP contribution is -2.36. The maximum Gasteiger partial charge on any atom is 0.0607 e. The van der Waals surface area contributed by atoms with Crippen LogP contribution in [0.15, 0.2) is 24.3 Å². The molecule has 3 heteroatoms. The molecule has 3 rings (SSSR count). The highest BCUT2D eigenvalue weighted by Gasteiger charge is 2.27. The minimum Gasteiger partial charge on any atom is -0.290 e. The van der Waals surface area contributed by atoms with Gasteiger partial charge in [-0.2, -0.15) is 0 Å². The van der Waals surface area contributed by atoms with Gasteiger partial charge in [0, 0.05) is 22.4 Å². The number of rotatable bonds is 4. The van der Waals surface area contributed by atoms with E-state index >= 15 is 0 Å². The molecule has 2 saturated carbocycles. The second-order valence-corrected chi connectivity index (χ2v) is 9.11. The van der Waals surface area contributed by atoms with Crippen LogP contribution < -0.4 is 0 Å². The predicted octanol–water partition coefficient (Wildman–Crippen LogP) is 6.18. The molecule has 2 aliphatic carbocycles. The standard InChI is InChI=1S/C23H31Cl2N/c1-2-26(23-8-4-3-5-9-23)14-6-7-18-10-12-19(13-11-18)20-15-21(24)17-22(25)16-20/h10-13,20-23H,2-5,8-9,14-17H2,1H3. The SMILES string of the molecule is CCN(CC#Cc1ccc(C2CC(Cl)CC(Cl)C2)cc1)C1CCCCC1. The van der Waals surface area contributed by atoms with E-state index in [0.29, 0.717) is 5.92 Å². The summed E-state index contributed by atoms with van der Waals surface area (Å²) in [7, 11) is 0. The van der Waals surface area contributed by atoms with Crippen molar-refractivity contribution in [2.75, 3.05) is 13.1 Å². The summed E-state index contributed by atoms with van der Waals surface area (Å²) in [6, 6.07) is 9.47. The van der Waals surface area contributed by atoms with Crippen molar-refractivity contribution in [2.24, 2.45) is 0 Å². The van der Waals surface area contributed by atoms with Crippen molar-refractivity contribution < 1.29 is 0 Å². The molecule has 0 saturated heterocycles. The third kappa shape index (κ3) is 5.66. The summed E-state index contributed by atoms with van der Waals surface area (Å²) < 4.78 is 0. The average molecular weight is 392 g/mol. The quantitative estimate of drug-likeness (QED) is 0.437. The lowest BCUT2D eigenvalue weighted by atomic mass is 9.83. The Hall–Kier alpha value is -0.680. The zero-order chi connectivity index (χ0) is 18.4. The second kappa shape index (κ2) is 10.0. The minimum atomic E-state index is 0.204. The van der Waals surface area contributed by atoms with E-state index in [4.69, 9.17) is 23.2 Å². The molecule has 2 unspecified atom stereocenters. The summed E-state index contributed by atoms with van der Waals surface area (Å²) >= 11 is 12.7. The van der Waals surface area contributed by atoms with E-state index in [-0.39, 0.29) is 10.8 Å². The molecule has 2 atom stereocenters. The molecule has 2 fully saturated rings. The van der Waals surface area contributed by atoms with Gasteiger partial charge in [-0.15, -0.1) is 23.2 Å². The summed E-state index contributed by atoms with van der Waals surface area (Å²) in [5.41, 5.74) is 2.46. The van der Waals surface area contributed by atoms with Gasteiger partial charge in [-0.05, 0) is 62.3 Å². The zero-order valence-corrected chi connectivity index (χ0v) is 17.4. The largest absolute Gasteiger partial charge is 0.290 e. The van der Waals surface area contributed by atoms with E-state index in [2.05, 4.69) is 47.9 Å². The van der Waals surface area contributed by atoms with Crippen LogP contribution in [0.2, 0.25) is 0 Å². The topological polar surface area (TPSA) is 3.24 Å². The predicted molar refractivity (Wildman–Crippen MR) is 113 cm³/mol. The number of hydrogen-bond acceptors (Lipinski definition) is 1. The zero-order valence-electron chi connectivity index (χ0n) is 15.9. The number of alkyl halides is 2. The Labute approximate surface area is 169 Å². The molecule has 0 radical (unpaired) electrons. The molecule has 0 heterocycles. The van der Waals surface area contributed by atoms with Gasteiger partial charge in [0.2, 0.25) is 0 Å². The highest BCUT2D eigenvalue weighted by molar-refractivity contribution is 6.23. The first kappa shape index (κ1) is 20.1. The molecule has 0 N–H and O–H groups in total. The summed E-state index contributed by atoms with van der Waals surface area (Å²) in [5, 5.41) is 0.408. The Kier molecular flexibility index (Phi) is 7.74. The van der Waals surface area contributed by atoms with Crippen LogP contribution in [0.5, 0.6) is 0 Å². The van der Waals surface area contributed by atoms with Gasteiger partial charge in [0.05, 0.1) is 6.54 Å². The Bertz CT molecular complexity index is 599. The van der Waals surface area contributed by atoms with E-state index in [1.807, 2.05) is 0 Å². The fraction of sp³-hybridized carbons (Fsp3) is 0.652. The number of nitrogens with zero attached hydrogens (tertiary/aromatic N) is 1. The fourth-order valence-electron chi connectivity index (χ4n) is 4.48. The molecule has 142 valence electrons. The van der Waals surface area contributed by atoms with Gasteiger partial charge in [0.15, 0.2) is 0 Å². The van der Waals surface area contributed by atoms with Crippen LogP contribution in [0.25, 0.3) is 0 Å². The molecule has 1 aromatic rings. The van der Waals surface area contributed by atoms with Crippen molar-refractivity contribution in [3.8, 4) is 11.8 Å². The van der Waals surface area contributed by atoms with Crippen LogP contribution >= 0.6 is 23.2 Å². The number of benzene rings is 1. The van der Waals surface area contributed by atoms with Gasteiger partial charge in [0.1, 0.15) is 0 Å². The van der Waals surface area contributed by atoms with E-state index < -0.39 is 0 Å². The van der Waals surface area contributed by atoms with Crippen LogP contribution in [-0.2, 0) is 0 Å². The molecular formula is C23H31Cl2N. The Morgan fingerprint density at radius 3 is 2.23 bits per heavy atom. The van der Waals surface area contributed by atoms with Crippen molar-refractivity contribution in [3.05, 3.63) is 35.4 Å². The molecular weight excluding hydrogens is 361 g/mol. The highest BCUT2D eigenvalue weighted by atomic mass is 35.5. The summed E-state index contributed by atoms with van der Waals surface area (Å²) in [5.74, 6) is 7.23. The molecule has 0 amide bonds. The van der Waals surface area contributed by atoms with Gasteiger partial charge < -0.3 is 0 Å². The Morgan fingerprint density at radius 1 is 0.962 bits per heavy atom. The molecule has 2 aliphatic rings.